The third-order valence-electron chi connectivity index (χ3n) is 2.16. The van der Waals surface area contributed by atoms with Crippen molar-refractivity contribution in [1.29, 1.82) is 0 Å². The van der Waals surface area contributed by atoms with Crippen LogP contribution in [0, 0.1) is 23.4 Å². The predicted molar refractivity (Wildman–Crippen MR) is 52.8 cm³/mol. The zero-order valence-corrected chi connectivity index (χ0v) is 8.59. The van der Waals surface area contributed by atoms with Crippen molar-refractivity contribution in [3.05, 3.63) is 41.6 Å². The molecule has 1 aromatic heterocycles. The van der Waals surface area contributed by atoms with Gasteiger partial charge in [0, 0.05) is 11.6 Å². The Morgan fingerprint density at radius 3 is 1.89 bits per heavy atom. The Bertz CT molecular complexity index is 611. The second-order valence-corrected chi connectivity index (χ2v) is 3.43. The minimum absolute atomic E-state index is 0.289. The number of aromatic hydroxyl groups is 2. The molecule has 0 spiro atoms. The highest BCUT2D eigenvalue weighted by Crippen LogP contribution is 2.30. The van der Waals surface area contributed by atoms with Crippen molar-refractivity contribution < 1.29 is 27.8 Å². The van der Waals surface area contributed by atoms with Crippen LogP contribution in [-0.2, 0) is 0 Å². The molecule has 0 atom stereocenters. The number of phenols is 2. The normalized spacial score (nSPS) is 10.7. The molecule has 7 heteroatoms. The predicted octanol–water partition coefficient (Wildman–Crippen LogP) is 2.72. The number of hydrogen-bond acceptors (Lipinski definition) is 3. The van der Waals surface area contributed by atoms with Crippen molar-refractivity contribution in [2.24, 2.45) is 0 Å². The van der Waals surface area contributed by atoms with Gasteiger partial charge in [-0.05, 0) is 12.1 Å². The molecular formula is C11H5F4NO2. The molecule has 0 bridgehead atoms. The maximum Gasteiger partial charge on any atom is 0.252 e. The highest BCUT2D eigenvalue weighted by atomic mass is 19.2. The maximum absolute atomic E-state index is 13.4. The molecular weight excluding hydrogens is 254 g/mol. The molecule has 0 aliphatic heterocycles. The fourth-order valence-corrected chi connectivity index (χ4v) is 1.41. The first kappa shape index (κ1) is 12.2. The SMILES string of the molecule is Oc1cc(O)cc(-c2nc(F)c(F)c(F)c2F)c1. The monoisotopic (exact) mass is 259 g/mol. The van der Waals surface area contributed by atoms with Gasteiger partial charge in [-0.3, -0.25) is 0 Å². The van der Waals surface area contributed by atoms with Crippen molar-refractivity contribution in [3.63, 3.8) is 0 Å². The third-order valence-corrected chi connectivity index (χ3v) is 2.16. The van der Waals surface area contributed by atoms with Gasteiger partial charge in [0.2, 0.25) is 11.6 Å². The van der Waals surface area contributed by atoms with Gasteiger partial charge in [0.15, 0.2) is 5.82 Å². The third kappa shape index (κ3) is 1.94. The molecule has 1 heterocycles. The summed E-state index contributed by atoms with van der Waals surface area (Å²) in [5.74, 6) is -8.49. The molecule has 0 saturated heterocycles. The Hall–Kier alpha value is -2.31. The van der Waals surface area contributed by atoms with Gasteiger partial charge < -0.3 is 10.2 Å². The van der Waals surface area contributed by atoms with E-state index < -0.39 is 40.6 Å². The second-order valence-electron chi connectivity index (χ2n) is 3.43. The zero-order chi connectivity index (χ0) is 13.4. The first-order chi connectivity index (χ1) is 8.40. The molecule has 18 heavy (non-hydrogen) atoms. The topological polar surface area (TPSA) is 53.4 Å². The van der Waals surface area contributed by atoms with Crippen molar-refractivity contribution in [3.8, 4) is 22.8 Å². The van der Waals surface area contributed by atoms with E-state index in [0.29, 0.717) is 0 Å². The molecule has 2 N–H and O–H groups in total. The maximum atomic E-state index is 13.4. The molecule has 94 valence electrons. The fraction of sp³-hybridized carbons (Fsp3) is 0. The van der Waals surface area contributed by atoms with E-state index in [9.17, 15) is 17.6 Å². The molecule has 0 aliphatic rings. The lowest BCUT2D eigenvalue weighted by Crippen LogP contribution is -2.02. The van der Waals surface area contributed by atoms with Crippen molar-refractivity contribution in [1.82, 2.24) is 4.98 Å². The van der Waals surface area contributed by atoms with Crippen LogP contribution >= 0.6 is 0 Å². The van der Waals surface area contributed by atoms with E-state index in [2.05, 4.69) is 4.98 Å². The van der Waals surface area contributed by atoms with E-state index in [1.54, 1.807) is 0 Å². The minimum atomic E-state index is -2.03. The Balaban J connectivity index is 2.71. The largest absolute Gasteiger partial charge is 0.508 e. The Labute approximate surface area is 98.0 Å². The number of nitrogens with zero attached hydrogens (tertiary/aromatic N) is 1. The van der Waals surface area contributed by atoms with E-state index in [1.807, 2.05) is 0 Å². The summed E-state index contributed by atoms with van der Waals surface area (Å²) in [6.07, 6.45) is 0. The van der Waals surface area contributed by atoms with Gasteiger partial charge in [0.1, 0.15) is 17.2 Å². The summed E-state index contributed by atoms with van der Waals surface area (Å²) in [4.78, 5) is 2.91. The molecule has 2 aromatic rings. The lowest BCUT2D eigenvalue weighted by molar-refractivity contribution is 0.393. The van der Waals surface area contributed by atoms with Gasteiger partial charge in [-0.15, -0.1) is 0 Å². The van der Waals surface area contributed by atoms with Crippen LogP contribution in [0.1, 0.15) is 0 Å². The quantitative estimate of drug-likeness (QED) is 0.611. The number of phenolic OH excluding ortho intramolecular Hbond substituents is 2. The summed E-state index contributed by atoms with van der Waals surface area (Å²) in [5, 5.41) is 18.3. The summed E-state index contributed by atoms with van der Waals surface area (Å²) < 4.78 is 52.0. The van der Waals surface area contributed by atoms with Gasteiger partial charge in [0.25, 0.3) is 5.95 Å². The van der Waals surface area contributed by atoms with Gasteiger partial charge >= 0.3 is 0 Å². The molecule has 1 aromatic carbocycles. The smallest absolute Gasteiger partial charge is 0.252 e. The summed E-state index contributed by atoms with van der Waals surface area (Å²) in [7, 11) is 0. The van der Waals surface area contributed by atoms with Crippen molar-refractivity contribution in [2.75, 3.05) is 0 Å². The molecule has 0 amide bonds. The van der Waals surface area contributed by atoms with Crippen LogP contribution in [-0.4, -0.2) is 15.2 Å². The van der Waals surface area contributed by atoms with Crippen LogP contribution in [0.25, 0.3) is 11.3 Å². The summed E-state index contributed by atoms with van der Waals surface area (Å²) in [6, 6.07) is 2.77. The lowest BCUT2D eigenvalue weighted by Gasteiger charge is -2.06. The van der Waals surface area contributed by atoms with E-state index in [4.69, 9.17) is 10.2 Å². The number of pyridine rings is 1. The minimum Gasteiger partial charge on any atom is -0.508 e. The van der Waals surface area contributed by atoms with Gasteiger partial charge in [-0.25, -0.2) is 13.8 Å². The average molecular weight is 259 g/mol. The van der Waals surface area contributed by atoms with Gasteiger partial charge in [-0.1, -0.05) is 0 Å². The van der Waals surface area contributed by atoms with Gasteiger partial charge in [-0.2, -0.15) is 8.78 Å². The van der Waals surface area contributed by atoms with Gasteiger partial charge in [0.05, 0.1) is 0 Å². The number of benzene rings is 1. The van der Waals surface area contributed by atoms with E-state index >= 15 is 0 Å². The van der Waals surface area contributed by atoms with Crippen molar-refractivity contribution in [2.45, 2.75) is 0 Å². The van der Waals surface area contributed by atoms with Crippen LogP contribution in [0.2, 0.25) is 0 Å². The standard InChI is InChI=1S/C11H5F4NO2/c12-7-8(13)10(16-11(15)9(7)14)4-1-5(17)3-6(18)2-4/h1-3,17-18H. The molecule has 0 fully saturated rings. The van der Waals surface area contributed by atoms with Crippen LogP contribution < -0.4 is 0 Å². The lowest BCUT2D eigenvalue weighted by atomic mass is 10.1. The summed E-state index contributed by atoms with van der Waals surface area (Å²) >= 11 is 0. The van der Waals surface area contributed by atoms with Crippen molar-refractivity contribution >= 4 is 0 Å². The molecule has 0 unspecified atom stereocenters. The number of rotatable bonds is 1. The highest BCUT2D eigenvalue weighted by Gasteiger charge is 2.22. The summed E-state index contributed by atoms with van der Waals surface area (Å²) in [5.41, 5.74) is -1.14. The Morgan fingerprint density at radius 2 is 1.33 bits per heavy atom. The molecule has 0 saturated carbocycles. The molecule has 0 radical (unpaired) electrons. The Kier molecular flexibility index (Phi) is 2.82. The first-order valence-corrected chi connectivity index (χ1v) is 4.63. The molecule has 2 rings (SSSR count). The fourth-order valence-electron chi connectivity index (χ4n) is 1.41. The first-order valence-electron chi connectivity index (χ1n) is 4.63. The number of halogens is 4. The number of aromatic nitrogens is 1. The summed E-state index contributed by atoms with van der Waals surface area (Å²) in [6.45, 7) is 0. The van der Waals surface area contributed by atoms with E-state index in [1.165, 1.54) is 0 Å². The molecule has 3 nitrogen and oxygen atoms in total. The average Bonchev–Trinajstić information content (AvgIpc) is 2.30. The number of hydrogen-bond donors (Lipinski definition) is 2. The zero-order valence-electron chi connectivity index (χ0n) is 8.59. The van der Waals surface area contributed by atoms with E-state index in [-0.39, 0.29) is 5.56 Å². The molecule has 0 aliphatic carbocycles. The highest BCUT2D eigenvalue weighted by molar-refractivity contribution is 5.64. The van der Waals surface area contributed by atoms with Crippen LogP contribution in [0.4, 0.5) is 17.6 Å². The Morgan fingerprint density at radius 1 is 0.778 bits per heavy atom. The van der Waals surface area contributed by atoms with Crippen LogP contribution in [0.3, 0.4) is 0 Å². The van der Waals surface area contributed by atoms with Crippen LogP contribution in [0.15, 0.2) is 18.2 Å². The second kappa shape index (κ2) is 4.17. The van der Waals surface area contributed by atoms with Crippen LogP contribution in [0.5, 0.6) is 11.5 Å². The van der Waals surface area contributed by atoms with E-state index in [0.717, 1.165) is 18.2 Å².